The van der Waals surface area contributed by atoms with Gasteiger partial charge in [0.15, 0.2) is 0 Å². The summed E-state index contributed by atoms with van der Waals surface area (Å²) in [5, 5.41) is 1.26. The SMILES string of the molecule is Nc1nccc(C2=NCCc3c2[nH]c2ccccc32)n1. The van der Waals surface area contributed by atoms with Crippen molar-refractivity contribution in [1.29, 1.82) is 0 Å². The summed E-state index contributed by atoms with van der Waals surface area (Å²) < 4.78 is 0. The Hall–Kier alpha value is -2.69. The van der Waals surface area contributed by atoms with Crippen LogP contribution in [0.25, 0.3) is 10.9 Å². The van der Waals surface area contributed by atoms with Crippen LogP contribution in [0.4, 0.5) is 5.95 Å². The zero-order valence-corrected chi connectivity index (χ0v) is 10.8. The molecule has 2 aromatic heterocycles. The predicted molar refractivity (Wildman–Crippen MR) is 79.0 cm³/mol. The summed E-state index contributed by atoms with van der Waals surface area (Å²) in [6.45, 7) is 0.772. The van der Waals surface area contributed by atoms with Crippen molar-refractivity contribution in [2.24, 2.45) is 4.99 Å². The Labute approximate surface area is 115 Å². The quantitative estimate of drug-likeness (QED) is 0.704. The molecule has 0 fully saturated rings. The molecule has 5 heteroatoms. The summed E-state index contributed by atoms with van der Waals surface area (Å²) >= 11 is 0. The number of nitrogen functional groups attached to an aromatic ring is 1. The Morgan fingerprint density at radius 3 is 2.95 bits per heavy atom. The number of aliphatic imine (C=N–C) groups is 1. The predicted octanol–water partition coefficient (Wildman–Crippen LogP) is 1.93. The minimum Gasteiger partial charge on any atom is -0.368 e. The van der Waals surface area contributed by atoms with Gasteiger partial charge in [0.2, 0.25) is 5.95 Å². The molecule has 4 rings (SSSR count). The maximum atomic E-state index is 5.67. The summed E-state index contributed by atoms with van der Waals surface area (Å²) in [4.78, 5) is 16.3. The van der Waals surface area contributed by atoms with Gasteiger partial charge in [0.1, 0.15) is 5.71 Å². The van der Waals surface area contributed by atoms with Crippen molar-refractivity contribution in [3.8, 4) is 0 Å². The van der Waals surface area contributed by atoms with Crippen LogP contribution in [0.5, 0.6) is 0 Å². The molecule has 0 aliphatic carbocycles. The molecule has 3 N–H and O–H groups in total. The lowest BCUT2D eigenvalue weighted by molar-refractivity contribution is 0.944. The summed E-state index contributed by atoms with van der Waals surface area (Å²) in [6, 6.07) is 10.2. The fourth-order valence-electron chi connectivity index (χ4n) is 2.74. The Morgan fingerprint density at radius 1 is 1.15 bits per heavy atom. The van der Waals surface area contributed by atoms with Gasteiger partial charge in [0.25, 0.3) is 0 Å². The number of H-pyrrole nitrogens is 1. The maximum absolute atomic E-state index is 5.67. The van der Waals surface area contributed by atoms with Crippen molar-refractivity contribution >= 4 is 22.6 Å². The van der Waals surface area contributed by atoms with Gasteiger partial charge in [0, 0.05) is 23.6 Å². The molecular formula is C15H13N5. The highest BCUT2D eigenvalue weighted by atomic mass is 15.0. The molecule has 0 saturated heterocycles. The van der Waals surface area contributed by atoms with E-state index >= 15 is 0 Å². The smallest absolute Gasteiger partial charge is 0.220 e. The number of anilines is 1. The summed E-state index contributed by atoms with van der Waals surface area (Å²) in [5.41, 5.74) is 10.8. The second-order valence-corrected chi connectivity index (χ2v) is 4.80. The van der Waals surface area contributed by atoms with Crippen LogP contribution in [-0.2, 0) is 6.42 Å². The molecule has 1 aliphatic rings. The number of nitrogens with two attached hydrogens (primary N) is 1. The number of nitrogens with one attached hydrogen (secondary N) is 1. The third-order valence-corrected chi connectivity index (χ3v) is 3.60. The highest BCUT2D eigenvalue weighted by Gasteiger charge is 2.21. The largest absolute Gasteiger partial charge is 0.368 e. The minimum atomic E-state index is 0.272. The van der Waals surface area contributed by atoms with Crippen molar-refractivity contribution in [1.82, 2.24) is 15.0 Å². The molecule has 1 aromatic carbocycles. The topological polar surface area (TPSA) is 80.0 Å². The number of aromatic amines is 1. The van der Waals surface area contributed by atoms with Crippen LogP contribution < -0.4 is 5.73 Å². The normalized spacial score (nSPS) is 14.1. The first-order valence-corrected chi connectivity index (χ1v) is 6.56. The van der Waals surface area contributed by atoms with Crippen LogP contribution in [0.15, 0.2) is 41.5 Å². The van der Waals surface area contributed by atoms with Crippen LogP contribution in [0, 0.1) is 0 Å². The second kappa shape index (κ2) is 4.16. The molecule has 3 aromatic rings. The van der Waals surface area contributed by atoms with Gasteiger partial charge >= 0.3 is 0 Å². The third-order valence-electron chi connectivity index (χ3n) is 3.60. The summed E-state index contributed by atoms with van der Waals surface area (Å²) in [6.07, 6.45) is 2.61. The van der Waals surface area contributed by atoms with Gasteiger partial charge in [-0.3, -0.25) is 4.99 Å². The second-order valence-electron chi connectivity index (χ2n) is 4.80. The molecule has 0 saturated carbocycles. The van der Waals surface area contributed by atoms with Gasteiger partial charge in [-0.1, -0.05) is 18.2 Å². The molecule has 0 unspecified atom stereocenters. The number of benzene rings is 1. The van der Waals surface area contributed by atoms with Crippen molar-refractivity contribution < 1.29 is 0 Å². The average Bonchev–Trinajstić information content (AvgIpc) is 2.86. The van der Waals surface area contributed by atoms with Gasteiger partial charge in [-0.15, -0.1) is 0 Å². The fourth-order valence-corrected chi connectivity index (χ4v) is 2.74. The molecule has 0 amide bonds. The number of nitrogens with zero attached hydrogens (tertiary/aromatic N) is 3. The Balaban J connectivity index is 1.94. The van der Waals surface area contributed by atoms with Crippen LogP contribution >= 0.6 is 0 Å². The number of rotatable bonds is 1. The van der Waals surface area contributed by atoms with Crippen LogP contribution in [0.3, 0.4) is 0 Å². The summed E-state index contributed by atoms with van der Waals surface area (Å²) in [7, 11) is 0. The number of para-hydroxylation sites is 1. The van der Waals surface area contributed by atoms with Gasteiger partial charge in [-0.25, -0.2) is 9.97 Å². The highest BCUT2D eigenvalue weighted by molar-refractivity contribution is 6.14. The van der Waals surface area contributed by atoms with E-state index in [-0.39, 0.29) is 5.95 Å². The number of hydrogen-bond acceptors (Lipinski definition) is 4. The van der Waals surface area contributed by atoms with Crippen LogP contribution in [-0.4, -0.2) is 27.2 Å². The van der Waals surface area contributed by atoms with E-state index in [0.717, 1.165) is 35.6 Å². The fraction of sp³-hybridized carbons (Fsp3) is 0.133. The van der Waals surface area contributed by atoms with Gasteiger partial charge in [-0.05, 0) is 24.1 Å². The number of hydrogen-bond donors (Lipinski definition) is 2. The van der Waals surface area contributed by atoms with Crippen LogP contribution in [0.2, 0.25) is 0 Å². The van der Waals surface area contributed by atoms with E-state index in [4.69, 9.17) is 5.73 Å². The van der Waals surface area contributed by atoms with Gasteiger partial charge in [-0.2, -0.15) is 0 Å². The van der Waals surface area contributed by atoms with E-state index in [1.807, 2.05) is 12.1 Å². The van der Waals surface area contributed by atoms with E-state index in [9.17, 15) is 0 Å². The molecule has 1 aliphatic heterocycles. The van der Waals surface area contributed by atoms with E-state index in [0.29, 0.717) is 0 Å². The lowest BCUT2D eigenvalue weighted by Gasteiger charge is -2.12. The number of fused-ring (bicyclic) bond motifs is 3. The first kappa shape index (κ1) is 11.2. The molecular weight excluding hydrogens is 250 g/mol. The van der Waals surface area contributed by atoms with Gasteiger partial charge < -0.3 is 10.7 Å². The Bertz CT molecular complexity index is 831. The van der Waals surface area contributed by atoms with E-state index in [1.54, 1.807) is 6.20 Å². The Kier molecular flexibility index (Phi) is 2.32. The first-order valence-electron chi connectivity index (χ1n) is 6.56. The molecule has 0 spiro atoms. The van der Waals surface area contributed by atoms with Gasteiger partial charge in [0.05, 0.1) is 11.4 Å². The lowest BCUT2D eigenvalue weighted by Crippen LogP contribution is -2.15. The molecule has 3 heterocycles. The summed E-state index contributed by atoms with van der Waals surface area (Å²) in [5.74, 6) is 0.272. The molecule has 0 radical (unpaired) electrons. The lowest BCUT2D eigenvalue weighted by atomic mass is 10.0. The van der Waals surface area contributed by atoms with E-state index in [2.05, 4.69) is 38.1 Å². The van der Waals surface area contributed by atoms with E-state index in [1.165, 1.54) is 10.9 Å². The minimum absolute atomic E-state index is 0.272. The zero-order valence-electron chi connectivity index (χ0n) is 10.8. The van der Waals surface area contributed by atoms with Crippen molar-refractivity contribution in [2.75, 3.05) is 12.3 Å². The number of aromatic nitrogens is 3. The average molecular weight is 263 g/mol. The molecule has 98 valence electrons. The molecule has 0 bridgehead atoms. The highest BCUT2D eigenvalue weighted by Crippen LogP contribution is 2.27. The Morgan fingerprint density at radius 2 is 2.05 bits per heavy atom. The monoisotopic (exact) mass is 263 g/mol. The van der Waals surface area contributed by atoms with Crippen molar-refractivity contribution in [3.63, 3.8) is 0 Å². The molecule has 20 heavy (non-hydrogen) atoms. The maximum Gasteiger partial charge on any atom is 0.220 e. The molecule has 5 nitrogen and oxygen atoms in total. The zero-order chi connectivity index (χ0) is 13.5. The standard InChI is InChI=1S/C15H13N5/c16-15-18-8-6-12(20-15)14-13-10(5-7-17-14)9-3-1-2-4-11(9)19-13/h1-4,6,8,19H,5,7H2,(H2,16,18,20). The third kappa shape index (κ3) is 1.60. The van der Waals surface area contributed by atoms with Crippen LogP contribution in [0.1, 0.15) is 17.0 Å². The van der Waals surface area contributed by atoms with Crippen molar-refractivity contribution in [3.05, 3.63) is 53.5 Å². The molecule has 0 atom stereocenters. The van der Waals surface area contributed by atoms with E-state index < -0.39 is 0 Å². The first-order chi connectivity index (χ1) is 9.83. The van der Waals surface area contributed by atoms with Crippen molar-refractivity contribution in [2.45, 2.75) is 6.42 Å².